The molecule has 4 heteroatoms. The number of carbonyl (C=O) groups is 2. The smallest absolute Gasteiger partial charge is 0.379 e. The van der Waals surface area contributed by atoms with Crippen LogP contribution in [0.4, 0.5) is 0 Å². The van der Waals surface area contributed by atoms with E-state index in [0.29, 0.717) is 17.7 Å². The summed E-state index contributed by atoms with van der Waals surface area (Å²) in [7, 11) is 1.56. The van der Waals surface area contributed by atoms with Crippen LogP contribution in [0.2, 0.25) is 0 Å². The zero-order valence-electron chi connectivity index (χ0n) is 10.3. The number of methoxy groups -OCH3 is 1. The second-order valence-corrected chi connectivity index (χ2v) is 3.43. The molecule has 0 amide bonds. The molecule has 92 valence electrons. The molecule has 0 aliphatic carbocycles. The molecule has 0 fully saturated rings. The van der Waals surface area contributed by atoms with E-state index < -0.39 is 11.8 Å². The standard InChI is InChI=1S/C13H16O4/c1-4-9-8-10(16-3)6-7-11(9)12(14)13(15)17-5-2/h6-8H,4-5H2,1-3H3. The highest BCUT2D eigenvalue weighted by Crippen LogP contribution is 2.19. The van der Waals surface area contributed by atoms with Gasteiger partial charge < -0.3 is 9.47 Å². The van der Waals surface area contributed by atoms with Crippen LogP contribution in [0.3, 0.4) is 0 Å². The van der Waals surface area contributed by atoms with E-state index in [4.69, 9.17) is 9.47 Å². The van der Waals surface area contributed by atoms with Crippen molar-refractivity contribution in [2.75, 3.05) is 13.7 Å². The maximum Gasteiger partial charge on any atom is 0.379 e. The third-order valence-corrected chi connectivity index (χ3v) is 2.40. The molecule has 0 heterocycles. The Morgan fingerprint density at radius 2 is 1.94 bits per heavy atom. The van der Waals surface area contributed by atoms with Gasteiger partial charge in [0.25, 0.3) is 5.78 Å². The molecule has 1 aromatic rings. The second-order valence-electron chi connectivity index (χ2n) is 3.43. The highest BCUT2D eigenvalue weighted by atomic mass is 16.5. The zero-order chi connectivity index (χ0) is 12.8. The van der Waals surface area contributed by atoms with Crippen molar-refractivity contribution >= 4 is 11.8 Å². The van der Waals surface area contributed by atoms with E-state index in [1.807, 2.05) is 6.92 Å². The molecule has 0 saturated carbocycles. The molecule has 0 aliphatic rings. The fourth-order valence-corrected chi connectivity index (χ4v) is 1.52. The molecule has 1 aromatic carbocycles. The minimum Gasteiger partial charge on any atom is -0.497 e. The predicted molar refractivity (Wildman–Crippen MR) is 63.3 cm³/mol. The number of hydrogen-bond acceptors (Lipinski definition) is 4. The summed E-state index contributed by atoms with van der Waals surface area (Å²) in [6.07, 6.45) is 0.650. The maximum atomic E-state index is 11.8. The van der Waals surface area contributed by atoms with Crippen LogP contribution in [0.25, 0.3) is 0 Å². The molecule has 1 rings (SSSR count). The van der Waals surface area contributed by atoms with Crippen molar-refractivity contribution in [3.05, 3.63) is 29.3 Å². The average molecular weight is 236 g/mol. The summed E-state index contributed by atoms with van der Waals surface area (Å²) < 4.78 is 9.77. The number of ether oxygens (including phenoxy) is 2. The summed E-state index contributed by atoms with van der Waals surface area (Å²) >= 11 is 0. The summed E-state index contributed by atoms with van der Waals surface area (Å²) in [5.74, 6) is -0.749. The quantitative estimate of drug-likeness (QED) is 0.446. The van der Waals surface area contributed by atoms with E-state index in [1.165, 1.54) is 0 Å². The van der Waals surface area contributed by atoms with Gasteiger partial charge in [0, 0.05) is 5.56 Å². The number of esters is 1. The van der Waals surface area contributed by atoms with Crippen molar-refractivity contribution < 1.29 is 19.1 Å². The SMILES string of the molecule is CCOC(=O)C(=O)c1ccc(OC)cc1CC. The molecule has 0 saturated heterocycles. The fourth-order valence-electron chi connectivity index (χ4n) is 1.52. The molecular weight excluding hydrogens is 220 g/mol. The second kappa shape index (κ2) is 6.03. The van der Waals surface area contributed by atoms with Gasteiger partial charge in [0.1, 0.15) is 5.75 Å². The molecule has 0 aromatic heterocycles. The Morgan fingerprint density at radius 3 is 2.47 bits per heavy atom. The molecule has 0 unspecified atom stereocenters. The van der Waals surface area contributed by atoms with Gasteiger partial charge in [-0.1, -0.05) is 6.92 Å². The topological polar surface area (TPSA) is 52.6 Å². The van der Waals surface area contributed by atoms with Crippen LogP contribution in [0.1, 0.15) is 29.8 Å². The minimum absolute atomic E-state index is 0.197. The lowest BCUT2D eigenvalue weighted by molar-refractivity contribution is -0.137. The number of aryl methyl sites for hydroxylation is 1. The molecule has 0 aliphatic heterocycles. The number of benzene rings is 1. The summed E-state index contributed by atoms with van der Waals surface area (Å²) in [6, 6.07) is 5.01. The lowest BCUT2D eigenvalue weighted by Crippen LogP contribution is -2.19. The minimum atomic E-state index is -0.813. The van der Waals surface area contributed by atoms with Gasteiger partial charge in [0.15, 0.2) is 0 Å². The van der Waals surface area contributed by atoms with Crippen LogP contribution in [0, 0.1) is 0 Å². The monoisotopic (exact) mass is 236 g/mol. The molecule has 4 nitrogen and oxygen atoms in total. The first-order valence-electron chi connectivity index (χ1n) is 5.52. The Kier molecular flexibility index (Phi) is 4.69. The summed E-state index contributed by atoms with van der Waals surface area (Å²) in [4.78, 5) is 23.2. The van der Waals surface area contributed by atoms with Gasteiger partial charge >= 0.3 is 5.97 Å². The Labute approximate surface area is 101 Å². The van der Waals surface area contributed by atoms with Gasteiger partial charge in [-0.25, -0.2) is 4.79 Å². The van der Waals surface area contributed by atoms with Gasteiger partial charge in [0.2, 0.25) is 0 Å². The van der Waals surface area contributed by atoms with Gasteiger partial charge in [-0.15, -0.1) is 0 Å². The van der Waals surface area contributed by atoms with Crippen LogP contribution in [-0.2, 0) is 16.0 Å². The van der Waals surface area contributed by atoms with Crippen LogP contribution in [0.5, 0.6) is 5.75 Å². The number of carbonyl (C=O) groups excluding carboxylic acids is 2. The first-order valence-corrected chi connectivity index (χ1v) is 5.52. The Morgan fingerprint density at radius 1 is 1.24 bits per heavy atom. The number of rotatable bonds is 5. The molecule has 0 atom stereocenters. The zero-order valence-corrected chi connectivity index (χ0v) is 10.3. The summed E-state index contributed by atoms with van der Waals surface area (Å²) in [5, 5.41) is 0. The summed E-state index contributed by atoms with van der Waals surface area (Å²) in [5.41, 5.74) is 1.16. The lowest BCUT2D eigenvalue weighted by atomic mass is 10.0. The van der Waals surface area contributed by atoms with Crippen LogP contribution >= 0.6 is 0 Å². The Hall–Kier alpha value is -1.84. The van der Waals surface area contributed by atoms with E-state index in [0.717, 1.165) is 5.56 Å². The molecule has 17 heavy (non-hydrogen) atoms. The normalized spacial score (nSPS) is 9.82. The Bertz CT molecular complexity index is 423. The highest BCUT2D eigenvalue weighted by Gasteiger charge is 2.20. The largest absolute Gasteiger partial charge is 0.497 e. The molecule has 0 radical (unpaired) electrons. The average Bonchev–Trinajstić information content (AvgIpc) is 2.37. The van der Waals surface area contributed by atoms with Crippen molar-refractivity contribution in [1.82, 2.24) is 0 Å². The van der Waals surface area contributed by atoms with E-state index in [9.17, 15) is 9.59 Å². The number of Topliss-reactive ketones (excluding diaryl/α,β-unsaturated/α-hetero) is 1. The molecule has 0 N–H and O–H groups in total. The van der Waals surface area contributed by atoms with Gasteiger partial charge in [0.05, 0.1) is 13.7 Å². The van der Waals surface area contributed by atoms with Crippen molar-refractivity contribution in [3.8, 4) is 5.75 Å². The highest BCUT2D eigenvalue weighted by molar-refractivity contribution is 6.41. The van der Waals surface area contributed by atoms with Crippen molar-refractivity contribution in [1.29, 1.82) is 0 Å². The maximum absolute atomic E-state index is 11.8. The third-order valence-electron chi connectivity index (χ3n) is 2.40. The van der Waals surface area contributed by atoms with Crippen LogP contribution in [-0.4, -0.2) is 25.5 Å². The van der Waals surface area contributed by atoms with E-state index in [1.54, 1.807) is 32.2 Å². The van der Waals surface area contributed by atoms with Gasteiger partial charge in [-0.05, 0) is 37.1 Å². The fraction of sp³-hybridized carbons (Fsp3) is 0.385. The van der Waals surface area contributed by atoms with Crippen LogP contribution < -0.4 is 4.74 Å². The third kappa shape index (κ3) is 3.06. The Balaban J connectivity index is 3.05. The van der Waals surface area contributed by atoms with Gasteiger partial charge in [-0.2, -0.15) is 0 Å². The van der Waals surface area contributed by atoms with E-state index >= 15 is 0 Å². The first-order chi connectivity index (χ1) is 8.13. The van der Waals surface area contributed by atoms with Crippen molar-refractivity contribution in [3.63, 3.8) is 0 Å². The van der Waals surface area contributed by atoms with Crippen molar-refractivity contribution in [2.24, 2.45) is 0 Å². The number of hydrogen-bond donors (Lipinski definition) is 0. The first kappa shape index (κ1) is 13.2. The molecule has 0 spiro atoms. The lowest BCUT2D eigenvalue weighted by Gasteiger charge is -2.08. The van der Waals surface area contributed by atoms with E-state index in [2.05, 4.69) is 0 Å². The molecule has 0 bridgehead atoms. The number of ketones is 1. The van der Waals surface area contributed by atoms with Crippen LogP contribution in [0.15, 0.2) is 18.2 Å². The van der Waals surface area contributed by atoms with E-state index in [-0.39, 0.29) is 6.61 Å². The predicted octanol–water partition coefficient (Wildman–Crippen LogP) is 2.00. The van der Waals surface area contributed by atoms with Crippen molar-refractivity contribution in [2.45, 2.75) is 20.3 Å². The molecular formula is C13H16O4. The van der Waals surface area contributed by atoms with Gasteiger partial charge in [-0.3, -0.25) is 4.79 Å². The summed E-state index contributed by atoms with van der Waals surface area (Å²) in [6.45, 7) is 3.78.